The van der Waals surface area contributed by atoms with Crippen LogP contribution in [0, 0.1) is 23.7 Å². The Balaban J connectivity index is 1.68. The van der Waals surface area contributed by atoms with E-state index in [0.717, 1.165) is 17.5 Å². The molecule has 3 N–H and O–H groups in total. The maximum Gasteiger partial charge on any atom is 0.291 e. The topological polar surface area (TPSA) is 81.2 Å². The zero-order valence-electron chi connectivity index (χ0n) is 11.8. The van der Waals surface area contributed by atoms with Crippen molar-refractivity contribution in [3.63, 3.8) is 0 Å². The number of carbonyl (C=O) groups is 1. The van der Waals surface area contributed by atoms with E-state index in [1.54, 1.807) is 7.05 Å². The molecule has 0 saturated heterocycles. The molecule has 20 heavy (non-hydrogen) atoms. The van der Waals surface area contributed by atoms with Crippen LogP contribution in [0.25, 0.3) is 0 Å². The van der Waals surface area contributed by atoms with Crippen LogP contribution in [0.2, 0.25) is 0 Å². The fourth-order valence-electron chi connectivity index (χ4n) is 5.20. The first kappa shape index (κ1) is 12.2. The summed E-state index contributed by atoms with van der Waals surface area (Å²) in [4.78, 5) is 11.7. The zero-order chi connectivity index (χ0) is 13.9. The molecule has 0 radical (unpaired) electrons. The molecule has 0 aliphatic heterocycles. The van der Waals surface area contributed by atoms with Crippen molar-refractivity contribution in [3.8, 4) is 0 Å². The molecule has 4 aliphatic rings. The van der Waals surface area contributed by atoms with E-state index in [4.69, 9.17) is 10.3 Å². The molecule has 1 heterocycles. The fourth-order valence-corrected chi connectivity index (χ4v) is 5.20. The highest BCUT2D eigenvalue weighted by molar-refractivity contribution is 5.96. The van der Waals surface area contributed by atoms with Crippen LogP contribution in [0.3, 0.4) is 0 Å². The maximum atomic E-state index is 11.7. The van der Waals surface area contributed by atoms with E-state index in [1.807, 2.05) is 0 Å². The van der Waals surface area contributed by atoms with Crippen LogP contribution in [0.5, 0.6) is 0 Å². The molecule has 1 aromatic heterocycles. The van der Waals surface area contributed by atoms with Crippen LogP contribution >= 0.6 is 0 Å². The molecule has 4 bridgehead atoms. The van der Waals surface area contributed by atoms with Crippen molar-refractivity contribution in [2.24, 2.45) is 23.7 Å². The number of nitrogens with two attached hydrogens (primary N) is 1. The van der Waals surface area contributed by atoms with Crippen molar-refractivity contribution < 1.29 is 9.32 Å². The molecule has 4 fully saturated rings. The van der Waals surface area contributed by atoms with Crippen molar-refractivity contribution >= 4 is 11.6 Å². The molecular weight excluding hydrogens is 254 g/mol. The monoisotopic (exact) mass is 275 g/mol. The smallest absolute Gasteiger partial charge is 0.291 e. The molecule has 0 unspecified atom stereocenters. The Bertz CT molecular complexity index is 523. The molecule has 5 rings (SSSR count). The third kappa shape index (κ3) is 1.61. The highest BCUT2D eigenvalue weighted by Gasteiger charge is 2.50. The molecule has 4 aliphatic carbocycles. The van der Waals surface area contributed by atoms with Crippen LogP contribution in [-0.2, 0) is 0 Å². The van der Waals surface area contributed by atoms with Gasteiger partial charge in [-0.3, -0.25) is 4.79 Å². The molecule has 0 aromatic carbocycles. The van der Waals surface area contributed by atoms with Gasteiger partial charge < -0.3 is 15.6 Å². The molecule has 5 nitrogen and oxygen atoms in total. The summed E-state index contributed by atoms with van der Waals surface area (Å²) in [7, 11) is 1.58. The quantitative estimate of drug-likeness (QED) is 0.866. The van der Waals surface area contributed by atoms with Gasteiger partial charge in [-0.05, 0) is 55.8 Å². The Morgan fingerprint density at radius 2 is 1.80 bits per heavy atom. The van der Waals surface area contributed by atoms with Crippen LogP contribution in [0.1, 0.15) is 54.3 Å². The van der Waals surface area contributed by atoms with Gasteiger partial charge in [-0.25, -0.2) is 0 Å². The maximum absolute atomic E-state index is 11.7. The third-order valence-corrected chi connectivity index (χ3v) is 5.73. The normalized spacial score (nSPS) is 38.1. The average molecular weight is 275 g/mol. The van der Waals surface area contributed by atoms with Crippen molar-refractivity contribution in [2.75, 3.05) is 12.8 Å². The van der Waals surface area contributed by atoms with Crippen LogP contribution in [0.4, 0.5) is 5.69 Å². The summed E-state index contributed by atoms with van der Waals surface area (Å²) in [6.45, 7) is 0. The van der Waals surface area contributed by atoms with E-state index >= 15 is 0 Å². The fraction of sp³-hybridized carbons (Fsp3) is 0.733. The standard InChI is InChI=1S/C15H21N3O2/c1-17-15(19)14-12(16)13(18-20-14)11-9-3-7-2-8(5-9)6-10(11)4-7/h7-11H,2-6,16H2,1H3,(H,17,19). The first-order valence-electron chi connectivity index (χ1n) is 7.64. The van der Waals surface area contributed by atoms with Crippen molar-refractivity contribution in [3.05, 3.63) is 11.5 Å². The number of rotatable bonds is 2. The number of aromatic nitrogens is 1. The van der Waals surface area contributed by atoms with Crippen LogP contribution in [-0.4, -0.2) is 18.1 Å². The lowest BCUT2D eigenvalue weighted by Crippen LogP contribution is -2.44. The van der Waals surface area contributed by atoms with Gasteiger partial charge in [-0.2, -0.15) is 0 Å². The number of nitrogens with zero attached hydrogens (tertiary/aromatic N) is 1. The second-order valence-electron chi connectivity index (χ2n) is 6.85. The van der Waals surface area contributed by atoms with E-state index in [2.05, 4.69) is 10.5 Å². The molecule has 5 heteroatoms. The van der Waals surface area contributed by atoms with Crippen LogP contribution < -0.4 is 11.1 Å². The van der Waals surface area contributed by atoms with Crippen molar-refractivity contribution in [2.45, 2.75) is 38.0 Å². The van der Waals surface area contributed by atoms with E-state index in [9.17, 15) is 4.79 Å². The molecule has 1 aromatic rings. The van der Waals surface area contributed by atoms with Gasteiger partial charge in [0.2, 0.25) is 5.76 Å². The summed E-state index contributed by atoms with van der Waals surface area (Å²) in [5.74, 6) is 3.51. The summed E-state index contributed by atoms with van der Waals surface area (Å²) < 4.78 is 5.22. The predicted octanol–water partition coefficient (Wildman–Crippen LogP) is 2.16. The molecule has 0 atom stereocenters. The lowest BCUT2D eigenvalue weighted by Gasteiger charge is -2.53. The van der Waals surface area contributed by atoms with Gasteiger partial charge in [0.15, 0.2) is 0 Å². The molecular formula is C15H21N3O2. The lowest BCUT2D eigenvalue weighted by molar-refractivity contribution is -0.00484. The second kappa shape index (κ2) is 4.24. The first-order valence-corrected chi connectivity index (χ1v) is 7.64. The molecule has 108 valence electrons. The Morgan fingerprint density at radius 1 is 1.20 bits per heavy atom. The lowest BCUT2D eigenvalue weighted by atomic mass is 9.51. The number of hydrogen-bond acceptors (Lipinski definition) is 4. The van der Waals surface area contributed by atoms with Gasteiger partial charge in [0.05, 0.1) is 0 Å². The van der Waals surface area contributed by atoms with Gasteiger partial charge in [0, 0.05) is 13.0 Å². The minimum atomic E-state index is -0.287. The Kier molecular flexibility index (Phi) is 2.59. The minimum absolute atomic E-state index is 0.177. The van der Waals surface area contributed by atoms with Gasteiger partial charge in [0.1, 0.15) is 11.4 Å². The van der Waals surface area contributed by atoms with Gasteiger partial charge >= 0.3 is 0 Å². The van der Waals surface area contributed by atoms with Gasteiger partial charge in [-0.15, -0.1) is 0 Å². The number of nitrogen functional groups attached to an aromatic ring is 1. The largest absolute Gasteiger partial charge is 0.394 e. The van der Waals surface area contributed by atoms with E-state index < -0.39 is 0 Å². The SMILES string of the molecule is CNC(=O)c1onc(C2C3CC4CC(C3)CC2C4)c1N. The number of hydrogen-bond donors (Lipinski definition) is 2. The molecule has 1 amide bonds. The van der Waals surface area contributed by atoms with Crippen molar-refractivity contribution in [1.82, 2.24) is 10.5 Å². The predicted molar refractivity (Wildman–Crippen MR) is 74.1 cm³/mol. The van der Waals surface area contributed by atoms with E-state index in [0.29, 0.717) is 23.4 Å². The van der Waals surface area contributed by atoms with Crippen LogP contribution in [0.15, 0.2) is 4.52 Å². The second-order valence-corrected chi connectivity index (χ2v) is 6.85. The Labute approximate surface area is 118 Å². The summed E-state index contributed by atoms with van der Waals surface area (Å²) in [5, 5.41) is 6.72. The highest BCUT2D eigenvalue weighted by Crippen LogP contribution is 2.60. The Hall–Kier alpha value is -1.52. The van der Waals surface area contributed by atoms with Crippen molar-refractivity contribution in [1.29, 1.82) is 0 Å². The molecule has 4 saturated carbocycles. The first-order chi connectivity index (χ1) is 9.67. The zero-order valence-corrected chi connectivity index (χ0v) is 11.8. The number of carbonyl (C=O) groups excluding carboxylic acids is 1. The Morgan fingerprint density at radius 3 is 2.35 bits per heavy atom. The number of nitrogens with one attached hydrogen (secondary N) is 1. The summed E-state index contributed by atoms with van der Waals surface area (Å²) >= 11 is 0. The highest BCUT2D eigenvalue weighted by atomic mass is 16.5. The number of amides is 1. The van der Waals surface area contributed by atoms with Gasteiger partial charge in [-0.1, -0.05) is 5.16 Å². The summed E-state index contributed by atoms with van der Waals surface area (Å²) in [5.41, 5.74) is 7.45. The molecule has 0 spiro atoms. The van der Waals surface area contributed by atoms with E-state index in [1.165, 1.54) is 32.1 Å². The summed E-state index contributed by atoms with van der Waals surface area (Å²) in [6.07, 6.45) is 6.65. The number of anilines is 1. The average Bonchev–Trinajstić information content (AvgIpc) is 2.79. The van der Waals surface area contributed by atoms with Gasteiger partial charge in [0.25, 0.3) is 5.91 Å². The van der Waals surface area contributed by atoms with E-state index in [-0.39, 0.29) is 11.7 Å². The summed E-state index contributed by atoms with van der Waals surface area (Å²) in [6, 6.07) is 0. The minimum Gasteiger partial charge on any atom is -0.394 e. The third-order valence-electron chi connectivity index (χ3n) is 5.73.